The smallest absolute Gasteiger partial charge is 0.289 e. The first-order valence-corrected chi connectivity index (χ1v) is 8.05. The number of alkyl halides is 3. The molecule has 0 aliphatic rings. The van der Waals surface area contributed by atoms with E-state index in [1.165, 1.54) is 26.1 Å². The van der Waals surface area contributed by atoms with Crippen LogP contribution >= 0.6 is 0 Å². The van der Waals surface area contributed by atoms with Crippen molar-refractivity contribution in [2.45, 2.75) is 19.6 Å². The van der Waals surface area contributed by atoms with Crippen LogP contribution in [0.2, 0.25) is 0 Å². The fourth-order valence-electron chi connectivity index (χ4n) is 3.13. The number of aromatic nitrogens is 2. The number of aryl methyl sites for hydroxylation is 1. The molecule has 0 saturated carbocycles. The first-order valence-electron chi connectivity index (χ1n) is 8.05. The molecule has 2 aromatic carbocycles. The van der Waals surface area contributed by atoms with Gasteiger partial charge in [0, 0.05) is 7.05 Å². The zero-order valence-corrected chi connectivity index (χ0v) is 14.8. The van der Waals surface area contributed by atoms with Crippen molar-refractivity contribution >= 4 is 10.9 Å². The third-order valence-corrected chi connectivity index (χ3v) is 4.60. The van der Waals surface area contributed by atoms with Crippen molar-refractivity contribution in [3.8, 4) is 6.07 Å². The van der Waals surface area contributed by atoms with E-state index in [1.807, 2.05) is 0 Å². The van der Waals surface area contributed by atoms with Gasteiger partial charge in [-0.3, -0.25) is 13.9 Å². The van der Waals surface area contributed by atoms with Gasteiger partial charge in [-0.05, 0) is 36.2 Å². The van der Waals surface area contributed by atoms with Crippen molar-refractivity contribution in [2.75, 3.05) is 0 Å². The molecule has 0 spiro atoms. The summed E-state index contributed by atoms with van der Waals surface area (Å²) in [4.78, 5) is 25.0. The minimum Gasteiger partial charge on any atom is -0.289 e. The molecule has 0 N–H and O–H groups in total. The van der Waals surface area contributed by atoms with Gasteiger partial charge in [0.05, 0.1) is 28.6 Å². The molecule has 0 fully saturated rings. The highest BCUT2D eigenvalue weighted by Gasteiger charge is 2.34. The normalized spacial score (nSPS) is 11.6. The molecule has 0 aliphatic carbocycles. The lowest BCUT2D eigenvalue weighted by Crippen LogP contribution is -2.39. The van der Waals surface area contributed by atoms with Crippen LogP contribution in [0.15, 0.2) is 39.9 Å². The van der Waals surface area contributed by atoms with Crippen molar-refractivity contribution < 1.29 is 17.6 Å². The molecule has 5 nitrogen and oxygen atoms in total. The summed E-state index contributed by atoms with van der Waals surface area (Å²) in [5.74, 6) is -0.647. The molecule has 9 heteroatoms. The largest absolute Gasteiger partial charge is 0.417 e. The van der Waals surface area contributed by atoms with E-state index in [4.69, 9.17) is 0 Å². The molecular weight excluding hydrogens is 378 g/mol. The first-order chi connectivity index (χ1) is 13.1. The number of fused-ring (bicyclic) bond motifs is 1. The van der Waals surface area contributed by atoms with Crippen LogP contribution in [0.3, 0.4) is 0 Å². The average molecular weight is 391 g/mol. The highest BCUT2D eigenvalue weighted by Crippen LogP contribution is 2.33. The van der Waals surface area contributed by atoms with Crippen LogP contribution < -0.4 is 11.2 Å². The van der Waals surface area contributed by atoms with Crippen molar-refractivity contribution in [1.29, 1.82) is 5.26 Å². The molecular formula is C19H13F4N3O2. The molecule has 0 atom stereocenters. The Bertz CT molecular complexity index is 1260. The molecule has 0 amide bonds. The number of benzene rings is 2. The van der Waals surface area contributed by atoms with Gasteiger partial charge >= 0.3 is 11.9 Å². The number of halogens is 4. The van der Waals surface area contributed by atoms with Crippen molar-refractivity contribution in [1.82, 2.24) is 9.13 Å². The summed E-state index contributed by atoms with van der Waals surface area (Å²) in [6.45, 7) is 0.986. The average Bonchev–Trinajstić information content (AvgIpc) is 2.64. The zero-order valence-electron chi connectivity index (χ0n) is 14.8. The van der Waals surface area contributed by atoms with Gasteiger partial charge in [-0.2, -0.15) is 18.4 Å². The minimum absolute atomic E-state index is 0.0244. The fourth-order valence-corrected chi connectivity index (χ4v) is 3.13. The van der Waals surface area contributed by atoms with Crippen LogP contribution in [0.1, 0.15) is 22.3 Å². The standard InChI is InChI=1S/C19H13F4N3O2/c1-10-14(20)6-7-15-16(10)17(27)25(2)18(28)26(15)9-11-4-3-5-13(12(11)8-24)19(21,22)23/h3-7H,9H2,1-2H3. The van der Waals surface area contributed by atoms with E-state index in [-0.39, 0.29) is 28.6 Å². The maximum atomic E-state index is 13.9. The topological polar surface area (TPSA) is 67.8 Å². The van der Waals surface area contributed by atoms with Gasteiger partial charge in [-0.15, -0.1) is 0 Å². The highest BCUT2D eigenvalue weighted by atomic mass is 19.4. The number of nitriles is 1. The Balaban J connectivity index is 2.34. The summed E-state index contributed by atoms with van der Waals surface area (Å²) in [6, 6.07) is 7.06. The van der Waals surface area contributed by atoms with Crippen LogP contribution in [0.5, 0.6) is 0 Å². The summed E-state index contributed by atoms with van der Waals surface area (Å²) >= 11 is 0. The van der Waals surface area contributed by atoms with Gasteiger partial charge in [0.15, 0.2) is 0 Å². The Labute approximate surface area is 155 Å². The molecule has 1 heterocycles. The van der Waals surface area contributed by atoms with Gasteiger partial charge in [-0.1, -0.05) is 12.1 Å². The number of rotatable bonds is 2. The molecule has 0 radical (unpaired) electrons. The van der Waals surface area contributed by atoms with Gasteiger partial charge in [0.2, 0.25) is 0 Å². The fraction of sp³-hybridized carbons (Fsp3) is 0.211. The molecule has 28 heavy (non-hydrogen) atoms. The second kappa shape index (κ2) is 6.64. The second-order valence-corrected chi connectivity index (χ2v) is 6.25. The number of nitrogens with zero attached hydrogens (tertiary/aromatic N) is 3. The summed E-state index contributed by atoms with van der Waals surface area (Å²) in [7, 11) is 1.20. The lowest BCUT2D eigenvalue weighted by atomic mass is 10.0. The predicted octanol–water partition coefficient (Wildman–Crippen LogP) is 3.09. The molecule has 0 aliphatic heterocycles. The van der Waals surface area contributed by atoms with Crippen molar-refractivity contribution in [3.05, 3.63) is 79.2 Å². The van der Waals surface area contributed by atoms with Crippen LogP contribution in [0.25, 0.3) is 10.9 Å². The van der Waals surface area contributed by atoms with E-state index < -0.39 is 34.4 Å². The molecule has 3 rings (SSSR count). The van der Waals surface area contributed by atoms with Crippen LogP contribution in [-0.2, 0) is 19.8 Å². The molecule has 0 unspecified atom stereocenters. The zero-order chi connectivity index (χ0) is 20.8. The molecule has 1 aromatic heterocycles. The maximum Gasteiger partial charge on any atom is 0.417 e. The lowest BCUT2D eigenvalue weighted by Gasteiger charge is -2.16. The Kier molecular flexibility index (Phi) is 4.59. The lowest BCUT2D eigenvalue weighted by molar-refractivity contribution is -0.137. The first kappa shape index (κ1) is 19.4. The van der Waals surface area contributed by atoms with Gasteiger partial charge in [0.25, 0.3) is 5.56 Å². The van der Waals surface area contributed by atoms with E-state index in [0.717, 1.165) is 27.3 Å². The van der Waals surface area contributed by atoms with E-state index in [2.05, 4.69) is 0 Å². The SMILES string of the molecule is Cc1c(F)ccc2c1c(=O)n(C)c(=O)n2Cc1cccc(C(F)(F)F)c1C#N. The molecule has 144 valence electrons. The Hall–Kier alpha value is -3.41. The maximum absolute atomic E-state index is 13.9. The van der Waals surface area contributed by atoms with Crippen LogP contribution in [0, 0.1) is 24.1 Å². The van der Waals surface area contributed by atoms with Crippen LogP contribution in [-0.4, -0.2) is 9.13 Å². The van der Waals surface area contributed by atoms with Crippen LogP contribution in [0.4, 0.5) is 17.6 Å². The minimum atomic E-state index is -4.74. The summed E-state index contributed by atoms with van der Waals surface area (Å²) in [6.07, 6.45) is -4.74. The Morgan fingerprint density at radius 1 is 1.14 bits per heavy atom. The monoisotopic (exact) mass is 391 g/mol. The Morgan fingerprint density at radius 3 is 2.43 bits per heavy atom. The van der Waals surface area contributed by atoms with E-state index >= 15 is 0 Å². The second-order valence-electron chi connectivity index (χ2n) is 6.25. The third kappa shape index (κ3) is 2.97. The van der Waals surface area contributed by atoms with Gasteiger partial charge in [0.1, 0.15) is 11.9 Å². The highest BCUT2D eigenvalue weighted by molar-refractivity contribution is 5.81. The summed E-state index contributed by atoms with van der Waals surface area (Å²) in [5, 5.41) is 9.21. The van der Waals surface area contributed by atoms with E-state index in [1.54, 1.807) is 6.07 Å². The number of hydrogen-bond acceptors (Lipinski definition) is 3. The number of hydrogen-bond donors (Lipinski definition) is 0. The summed E-state index contributed by atoms with van der Waals surface area (Å²) in [5.41, 5.74) is -3.16. The van der Waals surface area contributed by atoms with Gasteiger partial charge < -0.3 is 0 Å². The molecule has 0 saturated heterocycles. The third-order valence-electron chi connectivity index (χ3n) is 4.60. The van der Waals surface area contributed by atoms with Crippen molar-refractivity contribution in [2.24, 2.45) is 7.05 Å². The Morgan fingerprint density at radius 2 is 1.82 bits per heavy atom. The van der Waals surface area contributed by atoms with Crippen molar-refractivity contribution in [3.63, 3.8) is 0 Å². The van der Waals surface area contributed by atoms with E-state index in [0.29, 0.717) is 0 Å². The quantitative estimate of drug-likeness (QED) is 0.631. The predicted molar refractivity (Wildman–Crippen MR) is 93.4 cm³/mol. The van der Waals surface area contributed by atoms with E-state index in [9.17, 15) is 32.4 Å². The molecule has 3 aromatic rings. The van der Waals surface area contributed by atoms with Gasteiger partial charge in [-0.25, -0.2) is 9.18 Å². The molecule has 0 bridgehead atoms. The summed E-state index contributed by atoms with van der Waals surface area (Å²) < 4.78 is 55.3.